The van der Waals surface area contributed by atoms with Crippen molar-refractivity contribution in [2.75, 3.05) is 21.3 Å². The largest absolute Gasteiger partial charge is 0.493 e. The van der Waals surface area contributed by atoms with Gasteiger partial charge in [0.25, 0.3) is 0 Å². The number of amides is 1. The Morgan fingerprint density at radius 2 is 1.74 bits per heavy atom. The van der Waals surface area contributed by atoms with Crippen LogP contribution >= 0.6 is 0 Å². The molecular formula is C20H29N3O4. The van der Waals surface area contributed by atoms with Gasteiger partial charge < -0.3 is 19.5 Å². The molecule has 0 spiro atoms. The Balaban J connectivity index is 2.05. The Morgan fingerprint density at radius 3 is 2.19 bits per heavy atom. The zero-order valence-corrected chi connectivity index (χ0v) is 17.2. The van der Waals surface area contributed by atoms with Gasteiger partial charge >= 0.3 is 0 Å². The van der Waals surface area contributed by atoms with Gasteiger partial charge in [0.15, 0.2) is 11.5 Å². The van der Waals surface area contributed by atoms with Crippen molar-refractivity contribution in [3.8, 4) is 17.2 Å². The number of benzene rings is 1. The molecule has 0 aliphatic rings. The van der Waals surface area contributed by atoms with Crippen LogP contribution in [0.2, 0.25) is 0 Å². The highest BCUT2D eigenvalue weighted by molar-refractivity contribution is 5.76. The highest BCUT2D eigenvalue weighted by atomic mass is 16.5. The first-order valence-corrected chi connectivity index (χ1v) is 8.90. The quantitative estimate of drug-likeness (QED) is 0.768. The zero-order chi connectivity index (χ0) is 20.1. The van der Waals surface area contributed by atoms with E-state index in [1.165, 1.54) is 0 Å². The van der Waals surface area contributed by atoms with Gasteiger partial charge in [0.05, 0.1) is 33.1 Å². The summed E-state index contributed by atoms with van der Waals surface area (Å²) >= 11 is 0. The van der Waals surface area contributed by atoms with E-state index in [2.05, 4.69) is 10.4 Å². The average Bonchev–Trinajstić information content (AvgIpc) is 2.90. The van der Waals surface area contributed by atoms with E-state index >= 15 is 0 Å². The second-order valence-electron chi connectivity index (χ2n) is 6.53. The maximum absolute atomic E-state index is 12.4. The minimum atomic E-state index is -0.0915. The lowest BCUT2D eigenvalue weighted by Gasteiger charge is -2.16. The Kier molecular flexibility index (Phi) is 6.71. The minimum absolute atomic E-state index is 0.0149. The molecular weight excluding hydrogens is 346 g/mol. The lowest BCUT2D eigenvalue weighted by atomic mass is 10.0. The van der Waals surface area contributed by atoms with Crippen LogP contribution in [0.4, 0.5) is 0 Å². The number of hydrogen-bond acceptors (Lipinski definition) is 5. The van der Waals surface area contributed by atoms with Gasteiger partial charge in [-0.2, -0.15) is 5.10 Å². The molecule has 0 radical (unpaired) electrons. The second kappa shape index (κ2) is 8.79. The maximum atomic E-state index is 12.4. The van der Waals surface area contributed by atoms with Crippen LogP contribution in [0.3, 0.4) is 0 Å². The van der Waals surface area contributed by atoms with E-state index in [1.54, 1.807) is 21.3 Å². The standard InChI is InChI=1S/C20H29N3O4/c1-12(19-13(2)22-23(4)14(19)3)21-18(24)9-8-15-10-16(25-5)20(27-7)17(11-15)26-6/h10-12H,8-9H2,1-7H3,(H,21,24). The summed E-state index contributed by atoms with van der Waals surface area (Å²) in [7, 11) is 6.63. The fourth-order valence-electron chi connectivity index (χ4n) is 3.34. The van der Waals surface area contributed by atoms with Crippen molar-refractivity contribution in [2.24, 2.45) is 7.05 Å². The molecule has 0 saturated heterocycles. The highest BCUT2D eigenvalue weighted by Gasteiger charge is 2.18. The molecule has 1 amide bonds. The average molecular weight is 375 g/mol. The predicted octanol–water partition coefficient (Wildman–Crippen LogP) is 2.87. The van der Waals surface area contributed by atoms with Crippen LogP contribution in [0.15, 0.2) is 12.1 Å². The molecule has 0 fully saturated rings. The number of aryl methyl sites for hydroxylation is 3. The van der Waals surface area contributed by atoms with E-state index in [1.807, 2.05) is 44.6 Å². The lowest BCUT2D eigenvalue weighted by Crippen LogP contribution is -2.27. The zero-order valence-electron chi connectivity index (χ0n) is 17.2. The first-order valence-electron chi connectivity index (χ1n) is 8.90. The minimum Gasteiger partial charge on any atom is -0.493 e. The summed E-state index contributed by atoms with van der Waals surface area (Å²) < 4.78 is 17.9. The first kappa shape index (κ1) is 20.6. The van der Waals surface area contributed by atoms with E-state index in [4.69, 9.17) is 14.2 Å². The van der Waals surface area contributed by atoms with E-state index < -0.39 is 0 Å². The molecule has 7 nitrogen and oxygen atoms in total. The third-order valence-electron chi connectivity index (χ3n) is 4.74. The number of ether oxygens (including phenoxy) is 3. The molecule has 2 aromatic rings. The Bertz CT molecular complexity index is 789. The van der Waals surface area contributed by atoms with Crippen molar-refractivity contribution in [1.29, 1.82) is 0 Å². The van der Waals surface area contributed by atoms with Crippen LogP contribution < -0.4 is 19.5 Å². The number of carbonyl (C=O) groups excluding carboxylic acids is 1. The Labute approximate surface area is 160 Å². The van der Waals surface area contributed by atoms with Crippen LogP contribution in [0.25, 0.3) is 0 Å². The summed E-state index contributed by atoms with van der Waals surface area (Å²) in [5.41, 5.74) is 4.01. The van der Waals surface area contributed by atoms with Crippen molar-refractivity contribution in [3.05, 3.63) is 34.6 Å². The SMILES string of the molecule is COc1cc(CCC(=O)NC(C)c2c(C)nn(C)c2C)cc(OC)c1OC. The van der Waals surface area contributed by atoms with Crippen molar-refractivity contribution >= 4 is 5.91 Å². The fraction of sp³-hybridized carbons (Fsp3) is 0.500. The number of carbonyl (C=O) groups is 1. The van der Waals surface area contributed by atoms with Crippen LogP contribution in [-0.4, -0.2) is 37.0 Å². The van der Waals surface area contributed by atoms with Gasteiger partial charge in [-0.05, 0) is 44.9 Å². The Morgan fingerprint density at radius 1 is 1.15 bits per heavy atom. The molecule has 2 rings (SSSR count). The van der Waals surface area contributed by atoms with Gasteiger partial charge in [-0.25, -0.2) is 0 Å². The molecule has 1 unspecified atom stereocenters. The van der Waals surface area contributed by atoms with Crippen molar-refractivity contribution in [2.45, 2.75) is 39.7 Å². The summed E-state index contributed by atoms with van der Waals surface area (Å²) in [6.45, 7) is 5.95. The summed E-state index contributed by atoms with van der Waals surface area (Å²) in [6.07, 6.45) is 0.932. The molecule has 1 heterocycles. The molecule has 148 valence electrons. The summed E-state index contributed by atoms with van der Waals surface area (Å²) in [6, 6.07) is 3.65. The van der Waals surface area contributed by atoms with E-state index in [9.17, 15) is 4.79 Å². The fourth-order valence-corrected chi connectivity index (χ4v) is 3.34. The number of aromatic nitrogens is 2. The number of methoxy groups -OCH3 is 3. The lowest BCUT2D eigenvalue weighted by molar-refractivity contribution is -0.121. The van der Waals surface area contributed by atoms with E-state index in [0.717, 1.165) is 22.5 Å². The maximum Gasteiger partial charge on any atom is 0.220 e. The van der Waals surface area contributed by atoms with Crippen LogP contribution in [0.1, 0.15) is 41.9 Å². The van der Waals surface area contributed by atoms with Gasteiger partial charge in [-0.15, -0.1) is 0 Å². The summed E-state index contributed by atoms with van der Waals surface area (Å²) in [5.74, 6) is 1.70. The topological polar surface area (TPSA) is 74.6 Å². The second-order valence-corrected chi connectivity index (χ2v) is 6.53. The van der Waals surface area contributed by atoms with E-state index in [0.29, 0.717) is 30.1 Å². The smallest absolute Gasteiger partial charge is 0.220 e. The van der Waals surface area contributed by atoms with Gasteiger partial charge in [-0.3, -0.25) is 9.48 Å². The van der Waals surface area contributed by atoms with Gasteiger partial charge in [0.2, 0.25) is 11.7 Å². The third kappa shape index (κ3) is 4.53. The van der Waals surface area contributed by atoms with Gasteiger partial charge in [-0.1, -0.05) is 0 Å². The Hall–Kier alpha value is -2.70. The molecule has 7 heteroatoms. The molecule has 1 aromatic carbocycles. The first-order chi connectivity index (χ1) is 12.8. The van der Waals surface area contributed by atoms with Crippen LogP contribution in [0, 0.1) is 13.8 Å². The van der Waals surface area contributed by atoms with Crippen LogP contribution in [0.5, 0.6) is 17.2 Å². The third-order valence-corrected chi connectivity index (χ3v) is 4.74. The molecule has 1 atom stereocenters. The normalized spacial score (nSPS) is 11.8. The molecule has 0 saturated carbocycles. The number of nitrogens with one attached hydrogen (secondary N) is 1. The van der Waals surface area contributed by atoms with Gasteiger partial charge in [0.1, 0.15) is 0 Å². The number of nitrogens with zero attached hydrogens (tertiary/aromatic N) is 2. The summed E-state index contributed by atoms with van der Waals surface area (Å²) in [5, 5.41) is 7.47. The van der Waals surface area contributed by atoms with Crippen molar-refractivity contribution < 1.29 is 19.0 Å². The summed E-state index contributed by atoms with van der Waals surface area (Å²) in [4.78, 5) is 12.4. The molecule has 27 heavy (non-hydrogen) atoms. The molecule has 0 bridgehead atoms. The van der Waals surface area contributed by atoms with Gasteiger partial charge in [0, 0.05) is 24.7 Å². The highest BCUT2D eigenvalue weighted by Crippen LogP contribution is 2.38. The van der Waals surface area contributed by atoms with Crippen molar-refractivity contribution in [3.63, 3.8) is 0 Å². The van der Waals surface area contributed by atoms with Crippen molar-refractivity contribution in [1.82, 2.24) is 15.1 Å². The molecule has 1 aromatic heterocycles. The number of rotatable bonds is 8. The monoisotopic (exact) mass is 375 g/mol. The molecule has 1 N–H and O–H groups in total. The predicted molar refractivity (Wildman–Crippen MR) is 104 cm³/mol. The molecule has 0 aliphatic heterocycles. The van der Waals surface area contributed by atoms with E-state index in [-0.39, 0.29) is 11.9 Å². The number of hydrogen-bond donors (Lipinski definition) is 1. The van der Waals surface area contributed by atoms with Crippen LogP contribution in [-0.2, 0) is 18.3 Å². The molecule has 0 aliphatic carbocycles.